The summed E-state index contributed by atoms with van der Waals surface area (Å²) in [6.07, 6.45) is 3.27. The van der Waals surface area contributed by atoms with Crippen molar-refractivity contribution in [2.75, 3.05) is 14.2 Å². The fourth-order valence-corrected chi connectivity index (χ4v) is 2.73. The van der Waals surface area contributed by atoms with Crippen LogP contribution in [-0.2, 0) is 6.61 Å². The summed E-state index contributed by atoms with van der Waals surface area (Å²) in [5.41, 5.74) is 2.23. The summed E-state index contributed by atoms with van der Waals surface area (Å²) in [6, 6.07) is 18.3. The van der Waals surface area contributed by atoms with Gasteiger partial charge in [-0.2, -0.15) is 0 Å². The van der Waals surface area contributed by atoms with Crippen LogP contribution in [0.2, 0.25) is 0 Å². The molecule has 0 N–H and O–H groups in total. The first kappa shape index (κ1) is 20.1. The minimum atomic E-state index is -0.316. The fourth-order valence-electron chi connectivity index (χ4n) is 2.73. The Balaban J connectivity index is 1.72. The van der Waals surface area contributed by atoms with Crippen LogP contribution in [0.4, 0.5) is 4.39 Å². The number of hydrogen-bond donors (Lipinski definition) is 0. The quantitative estimate of drug-likeness (QED) is 0.385. The lowest BCUT2D eigenvalue weighted by Gasteiger charge is -2.11. The average molecular weight is 392 g/mol. The molecule has 0 fully saturated rings. The SMILES string of the molecule is COc1ccc(C(=O)C=Cc2ccc(OC)c(COc3ccc(F)cc3)c2)cc1. The Labute approximate surface area is 169 Å². The lowest BCUT2D eigenvalue weighted by atomic mass is 10.1. The van der Waals surface area contributed by atoms with E-state index in [0.717, 1.165) is 11.1 Å². The number of carbonyl (C=O) groups excluding carboxylic acids is 1. The van der Waals surface area contributed by atoms with Gasteiger partial charge in [0.25, 0.3) is 0 Å². The third kappa shape index (κ3) is 5.45. The van der Waals surface area contributed by atoms with Crippen LogP contribution >= 0.6 is 0 Å². The molecule has 0 aliphatic carbocycles. The van der Waals surface area contributed by atoms with E-state index in [9.17, 15) is 9.18 Å². The first-order valence-corrected chi connectivity index (χ1v) is 9.01. The van der Waals surface area contributed by atoms with Gasteiger partial charge in [-0.15, -0.1) is 0 Å². The molecular weight excluding hydrogens is 371 g/mol. The molecule has 0 bridgehead atoms. The van der Waals surface area contributed by atoms with E-state index in [1.165, 1.54) is 18.2 Å². The van der Waals surface area contributed by atoms with Crippen molar-refractivity contribution < 1.29 is 23.4 Å². The van der Waals surface area contributed by atoms with Crippen molar-refractivity contribution in [1.29, 1.82) is 0 Å². The van der Waals surface area contributed by atoms with E-state index in [1.807, 2.05) is 18.2 Å². The molecule has 29 heavy (non-hydrogen) atoms. The van der Waals surface area contributed by atoms with Crippen molar-refractivity contribution in [2.45, 2.75) is 6.61 Å². The standard InChI is InChI=1S/C24H21FO4/c1-27-21-9-5-18(6-10-21)23(26)13-3-17-4-14-24(28-2)19(15-17)16-29-22-11-7-20(25)8-12-22/h3-15H,16H2,1-2H3. The monoisotopic (exact) mass is 392 g/mol. The number of allylic oxidation sites excluding steroid dienone is 1. The lowest BCUT2D eigenvalue weighted by Crippen LogP contribution is -1.99. The summed E-state index contributed by atoms with van der Waals surface area (Å²) in [5, 5.41) is 0. The smallest absolute Gasteiger partial charge is 0.185 e. The molecule has 4 nitrogen and oxygen atoms in total. The number of carbonyl (C=O) groups is 1. The van der Waals surface area contributed by atoms with E-state index >= 15 is 0 Å². The maximum atomic E-state index is 13.0. The van der Waals surface area contributed by atoms with Gasteiger partial charge in [-0.3, -0.25) is 4.79 Å². The van der Waals surface area contributed by atoms with Gasteiger partial charge in [-0.1, -0.05) is 12.1 Å². The maximum absolute atomic E-state index is 13.0. The first-order valence-electron chi connectivity index (χ1n) is 9.01. The van der Waals surface area contributed by atoms with Crippen molar-refractivity contribution in [3.63, 3.8) is 0 Å². The molecular formula is C24H21FO4. The van der Waals surface area contributed by atoms with Crippen LogP contribution in [0, 0.1) is 5.82 Å². The molecule has 0 aromatic heterocycles. The topological polar surface area (TPSA) is 44.8 Å². The van der Waals surface area contributed by atoms with Crippen molar-refractivity contribution in [3.8, 4) is 17.2 Å². The van der Waals surface area contributed by atoms with Crippen molar-refractivity contribution in [2.24, 2.45) is 0 Å². The highest BCUT2D eigenvalue weighted by molar-refractivity contribution is 6.06. The molecule has 0 spiro atoms. The van der Waals surface area contributed by atoms with Gasteiger partial charge < -0.3 is 14.2 Å². The molecule has 0 saturated carbocycles. The molecule has 3 aromatic carbocycles. The average Bonchev–Trinajstić information content (AvgIpc) is 2.77. The Bertz CT molecular complexity index is 992. The molecule has 3 aromatic rings. The minimum absolute atomic E-state index is 0.104. The molecule has 0 amide bonds. The molecule has 0 atom stereocenters. The maximum Gasteiger partial charge on any atom is 0.185 e. The number of rotatable bonds is 8. The summed E-state index contributed by atoms with van der Waals surface area (Å²) in [6.45, 7) is 0.253. The number of ether oxygens (including phenoxy) is 3. The zero-order chi connectivity index (χ0) is 20.6. The second-order valence-electron chi connectivity index (χ2n) is 6.24. The van der Waals surface area contributed by atoms with E-state index in [2.05, 4.69) is 0 Å². The summed E-state index contributed by atoms with van der Waals surface area (Å²) in [5.74, 6) is 1.51. The molecule has 5 heteroatoms. The summed E-state index contributed by atoms with van der Waals surface area (Å²) >= 11 is 0. The first-order chi connectivity index (χ1) is 14.1. The second kappa shape index (κ2) is 9.55. The molecule has 148 valence electrons. The Morgan fingerprint density at radius 3 is 2.24 bits per heavy atom. The van der Waals surface area contributed by atoms with Gasteiger partial charge >= 0.3 is 0 Å². The third-order valence-electron chi connectivity index (χ3n) is 4.31. The number of benzene rings is 3. The molecule has 0 aliphatic rings. The molecule has 0 unspecified atom stereocenters. The van der Waals surface area contributed by atoms with E-state index in [0.29, 0.717) is 22.8 Å². The van der Waals surface area contributed by atoms with Crippen molar-refractivity contribution in [3.05, 3.63) is 95.3 Å². The second-order valence-corrected chi connectivity index (χ2v) is 6.24. The predicted octanol–water partition coefficient (Wildman–Crippen LogP) is 5.32. The van der Waals surface area contributed by atoms with Gasteiger partial charge in [0, 0.05) is 11.1 Å². The molecule has 0 saturated heterocycles. The van der Waals surface area contributed by atoms with Crippen LogP contribution in [0.1, 0.15) is 21.5 Å². The van der Waals surface area contributed by atoms with Crippen molar-refractivity contribution in [1.82, 2.24) is 0 Å². The van der Waals surface area contributed by atoms with Gasteiger partial charge in [0.1, 0.15) is 29.7 Å². The molecule has 0 aliphatic heterocycles. The molecule has 3 rings (SSSR count). The fraction of sp³-hybridized carbons (Fsp3) is 0.125. The molecule has 0 radical (unpaired) electrons. The number of hydrogen-bond acceptors (Lipinski definition) is 4. The van der Waals surface area contributed by atoms with Crippen LogP contribution in [0.3, 0.4) is 0 Å². The van der Waals surface area contributed by atoms with Gasteiger partial charge in [-0.25, -0.2) is 4.39 Å². The minimum Gasteiger partial charge on any atom is -0.497 e. The van der Waals surface area contributed by atoms with Gasteiger partial charge in [0.2, 0.25) is 0 Å². The summed E-state index contributed by atoms with van der Waals surface area (Å²) in [7, 11) is 3.16. The summed E-state index contributed by atoms with van der Waals surface area (Å²) < 4.78 is 29.2. The van der Waals surface area contributed by atoms with Crippen LogP contribution < -0.4 is 14.2 Å². The van der Waals surface area contributed by atoms with E-state index in [1.54, 1.807) is 56.7 Å². The molecule has 0 heterocycles. The number of halogens is 1. The highest BCUT2D eigenvalue weighted by Crippen LogP contribution is 2.23. The number of ketones is 1. The van der Waals surface area contributed by atoms with Gasteiger partial charge in [-0.05, 0) is 72.3 Å². The normalized spacial score (nSPS) is 10.7. The highest BCUT2D eigenvalue weighted by atomic mass is 19.1. The van der Waals surface area contributed by atoms with Crippen LogP contribution in [0.25, 0.3) is 6.08 Å². The van der Waals surface area contributed by atoms with Crippen LogP contribution in [0.5, 0.6) is 17.2 Å². The van der Waals surface area contributed by atoms with E-state index in [4.69, 9.17) is 14.2 Å². The largest absolute Gasteiger partial charge is 0.497 e. The van der Waals surface area contributed by atoms with E-state index < -0.39 is 0 Å². The van der Waals surface area contributed by atoms with E-state index in [-0.39, 0.29) is 18.2 Å². The Hall–Kier alpha value is -3.60. The van der Waals surface area contributed by atoms with Crippen LogP contribution in [0.15, 0.2) is 72.8 Å². The summed E-state index contributed by atoms with van der Waals surface area (Å²) in [4.78, 5) is 12.4. The third-order valence-corrected chi connectivity index (χ3v) is 4.31. The van der Waals surface area contributed by atoms with Gasteiger partial charge in [0.05, 0.1) is 14.2 Å². The number of methoxy groups -OCH3 is 2. The Morgan fingerprint density at radius 2 is 1.59 bits per heavy atom. The Kier molecular flexibility index (Phi) is 6.63. The van der Waals surface area contributed by atoms with Gasteiger partial charge in [0.15, 0.2) is 5.78 Å². The zero-order valence-corrected chi connectivity index (χ0v) is 16.2. The Morgan fingerprint density at radius 1 is 0.897 bits per heavy atom. The predicted molar refractivity (Wildman–Crippen MR) is 110 cm³/mol. The van der Waals surface area contributed by atoms with Crippen molar-refractivity contribution >= 4 is 11.9 Å². The highest BCUT2D eigenvalue weighted by Gasteiger charge is 2.06. The van der Waals surface area contributed by atoms with Crippen LogP contribution in [-0.4, -0.2) is 20.0 Å². The lowest BCUT2D eigenvalue weighted by molar-refractivity contribution is 0.104. The zero-order valence-electron chi connectivity index (χ0n) is 16.2.